The maximum atomic E-state index is 12.0. The van der Waals surface area contributed by atoms with Crippen LogP contribution in [0.3, 0.4) is 0 Å². The molecule has 0 atom stereocenters. The standard InChI is InChI=1S/C17H19N3O3S3/c1-2-11-18-26(22,23)15-8-5-13(6-9-15)19-17(24)20-16(21)10-7-14-4-3-12-25-14/h3-10,12,18H,2,11H2,1H3,(H2,19,20,21,24)/b10-7+. The van der Waals surface area contributed by atoms with E-state index in [4.69, 9.17) is 12.2 Å². The molecule has 1 aromatic heterocycles. The molecule has 0 radical (unpaired) electrons. The van der Waals surface area contributed by atoms with Gasteiger partial charge >= 0.3 is 0 Å². The van der Waals surface area contributed by atoms with Crippen LogP contribution >= 0.6 is 23.6 Å². The first-order valence-electron chi connectivity index (χ1n) is 7.84. The minimum atomic E-state index is -3.50. The Labute approximate surface area is 162 Å². The molecule has 2 rings (SSSR count). The predicted octanol–water partition coefficient (Wildman–Crippen LogP) is 2.96. The smallest absolute Gasteiger partial charge is 0.250 e. The fraction of sp³-hybridized carbons (Fsp3) is 0.176. The maximum absolute atomic E-state index is 12.0. The van der Waals surface area contributed by atoms with Gasteiger partial charge < -0.3 is 5.32 Å². The van der Waals surface area contributed by atoms with E-state index in [1.807, 2.05) is 24.4 Å². The van der Waals surface area contributed by atoms with Gasteiger partial charge in [-0.25, -0.2) is 13.1 Å². The van der Waals surface area contributed by atoms with E-state index in [1.54, 1.807) is 18.2 Å². The summed E-state index contributed by atoms with van der Waals surface area (Å²) in [5, 5.41) is 7.43. The van der Waals surface area contributed by atoms with Gasteiger partial charge in [0.05, 0.1) is 4.90 Å². The molecule has 0 unspecified atom stereocenters. The summed E-state index contributed by atoms with van der Waals surface area (Å²) in [5.41, 5.74) is 0.576. The van der Waals surface area contributed by atoms with Crippen molar-refractivity contribution in [3.05, 3.63) is 52.7 Å². The number of carbonyl (C=O) groups is 1. The molecule has 1 heterocycles. The quantitative estimate of drug-likeness (QED) is 0.483. The summed E-state index contributed by atoms with van der Waals surface area (Å²) >= 11 is 6.61. The Hall–Kier alpha value is -2.07. The summed E-state index contributed by atoms with van der Waals surface area (Å²) in [6.45, 7) is 2.28. The van der Waals surface area contributed by atoms with Crippen LogP contribution in [0.15, 0.2) is 52.7 Å². The Bertz CT molecular complexity index is 874. The largest absolute Gasteiger partial charge is 0.332 e. The first-order chi connectivity index (χ1) is 12.4. The third-order valence-electron chi connectivity index (χ3n) is 3.14. The van der Waals surface area contributed by atoms with E-state index >= 15 is 0 Å². The van der Waals surface area contributed by atoms with E-state index < -0.39 is 10.0 Å². The summed E-state index contributed by atoms with van der Waals surface area (Å²) in [7, 11) is -3.50. The number of thiophene rings is 1. The van der Waals surface area contributed by atoms with E-state index in [2.05, 4.69) is 15.4 Å². The van der Waals surface area contributed by atoms with Crippen molar-refractivity contribution in [3.63, 3.8) is 0 Å². The Morgan fingerprint density at radius 2 is 1.96 bits per heavy atom. The van der Waals surface area contributed by atoms with Crippen LogP contribution in [0.4, 0.5) is 5.69 Å². The van der Waals surface area contributed by atoms with Crippen molar-refractivity contribution in [1.82, 2.24) is 10.0 Å². The van der Waals surface area contributed by atoms with Crippen LogP contribution in [0.2, 0.25) is 0 Å². The predicted molar refractivity (Wildman–Crippen MR) is 110 cm³/mol. The molecular weight excluding hydrogens is 390 g/mol. The van der Waals surface area contributed by atoms with Crippen molar-refractivity contribution in [1.29, 1.82) is 0 Å². The zero-order valence-electron chi connectivity index (χ0n) is 14.1. The van der Waals surface area contributed by atoms with Gasteiger partial charge in [0, 0.05) is 23.2 Å². The lowest BCUT2D eigenvalue weighted by Gasteiger charge is -2.09. The van der Waals surface area contributed by atoms with Gasteiger partial charge in [-0.3, -0.25) is 10.1 Å². The lowest BCUT2D eigenvalue weighted by atomic mass is 10.3. The number of thiocarbonyl (C=S) groups is 1. The minimum Gasteiger partial charge on any atom is -0.332 e. The van der Waals surface area contributed by atoms with Crippen LogP contribution in [0.25, 0.3) is 6.08 Å². The first-order valence-corrected chi connectivity index (χ1v) is 10.6. The fourth-order valence-electron chi connectivity index (χ4n) is 1.90. The van der Waals surface area contributed by atoms with Gasteiger partial charge in [0.1, 0.15) is 0 Å². The van der Waals surface area contributed by atoms with Gasteiger partial charge in [-0.15, -0.1) is 11.3 Å². The van der Waals surface area contributed by atoms with Crippen LogP contribution in [-0.2, 0) is 14.8 Å². The molecule has 0 aliphatic heterocycles. The van der Waals surface area contributed by atoms with Crippen molar-refractivity contribution in [3.8, 4) is 0 Å². The highest BCUT2D eigenvalue weighted by Gasteiger charge is 2.12. The molecule has 0 aliphatic carbocycles. The van der Waals surface area contributed by atoms with E-state index in [0.717, 1.165) is 4.88 Å². The second-order valence-electron chi connectivity index (χ2n) is 5.21. The normalized spacial score (nSPS) is 11.4. The van der Waals surface area contributed by atoms with Gasteiger partial charge in [0.2, 0.25) is 15.9 Å². The van der Waals surface area contributed by atoms with Crippen LogP contribution < -0.4 is 15.4 Å². The SMILES string of the molecule is CCCNS(=O)(=O)c1ccc(NC(=S)NC(=O)/C=C/c2cccs2)cc1. The molecule has 0 spiro atoms. The first kappa shape index (κ1) is 20.2. The number of hydrogen-bond acceptors (Lipinski definition) is 5. The lowest BCUT2D eigenvalue weighted by molar-refractivity contribution is -0.115. The molecule has 2 aromatic rings. The summed E-state index contributed by atoms with van der Waals surface area (Å²) in [5.74, 6) is -0.348. The molecule has 0 saturated carbocycles. The van der Waals surface area contributed by atoms with E-state index in [1.165, 1.54) is 29.5 Å². The van der Waals surface area contributed by atoms with Crippen molar-refractivity contribution in [2.45, 2.75) is 18.2 Å². The highest BCUT2D eigenvalue weighted by Crippen LogP contribution is 2.14. The third kappa shape index (κ3) is 6.34. The lowest BCUT2D eigenvalue weighted by Crippen LogP contribution is -2.32. The van der Waals surface area contributed by atoms with Crippen molar-refractivity contribution < 1.29 is 13.2 Å². The Kier molecular flexibility index (Phi) is 7.46. The Balaban J connectivity index is 1.90. The summed E-state index contributed by atoms with van der Waals surface area (Å²) in [6, 6.07) is 9.91. The number of amides is 1. The Morgan fingerprint density at radius 1 is 1.23 bits per heavy atom. The molecule has 0 fully saturated rings. The minimum absolute atomic E-state index is 0.130. The number of carbonyl (C=O) groups excluding carboxylic acids is 1. The number of benzene rings is 1. The van der Waals surface area contributed by atoms with Gasteiger partial charge in [-0.1, -0.05) is 13.0 Å². The van der Waals surface area contributed by atoms with Crippen LogP contribution in [0, 0.1) is 0 Å². The molecule has 9 heteroatoms. The van der Waals surface area contributed by atoms with Crippen LogP contribution in [0.5, 0.6) is 0 Å². The van der Waals surface area contributed by atoms with Gasteiger partial charge in [0.25, 0.3) is 0 Å². The molecule has 1 aromatic carbocycles. The molecule has 0 aliphatic rings. The summed E-state index contributed by atoms with van der Waals surface area (Å²) < 4.78 is 26.5. The molecular formula is C17H19N3O3S3. The van der Waals surface area contributed by atoms with Crippen LogP contribution in [0.1, 0.15) is 18.2 Å². The second kappa shape index (κ2) is 9.58. The number of nitrogens with one attached hydrogen (secondary N) is 3. The molecule has 3 N–H and O–H groups in total. The van der Waals surface area contributed by atoms with E-state index in [0.29, 0.717) is 18.7 Å². The summed E-state index contributed by atoms with van der Waals surface area (Å²) in [4.78, 5) is 13.0. The average Bonchev–Trinajstić information content (AvgIpc) is 3.12. The Morgan fingerprint density at radius 3 is 2.58 bits per heavy atom. The second-order valence-corrected chi connectivity index (χ2v) is 8.37. The zero-order chi connectivity index (χ0) is 19.0. The fourth-order valence-corrected chi connectivity index (χ4v) is 3.87. The van der Waals surface area contributed by atoms with Crippen LogP contribution in [-0.4, -0.2) is 26.0 Å². The summed E-state index contributed by atoms with van der Waals surface area (Å²) in [6.07, 6.45) is 3.81. The highest BCUT2D eigenvalue weighted by molar-refractivity contribution is 7.89. The van der Waals surface area contributed by atoms with Crippen molar-refractivity contribution in [2.75, 3.05) is 11.9 Å². The number of hydrogen-bond donors (Lipinski definition) is 3. The topological polar surface area (TPSA) is 87.3 Å². The maximum Gasteiger partial charge on any atom is 0.250 e. The third-order valence-corrected chi connectivity index (χ3v) is 5.66. The van der Waals surface area contributed by atoms with E-state index in [9.17, 15) is 13.2 Å². The average molecular weight is 410 g/mol. The molecule has 138 valence electrons. The molecule has 0 bridgehead atoms. The van der Waals surface area contributed by atoms with Crippen molar-refractivity contribution >= 4 is 56.4 Å². The molecule has 6 nitrogen and oxygen atoms in total. The van der Waals surface area contributed by atoms with Crippen molar-refractivity contribution in [2.24, 2.45) is 0 Å². The number of rotatable bonds is 7. The van der Waals surface area contributed by atoms with Gasteiger partial charge in [-0.05, 0) is 60.4 Å². The monoisotopic (exact) mass is 409 g/mol. The zero-order valence-corrected chi connectivity index (χ0v) is 16.5. The van der Waals surface area contributed by atoms with E-state index in [-0.39, 0.29) is 15.9 Å². The van der Waals surface area contributed by atoms with Gasteiger partial charge in [0.15, 0.2) is 5.11 Å². The van der Waals surface area contributed by atoms with Gasteiger partial charge in [-0.2, -0.15) is 0 Å². The number of sulfonamides is 1. The molecule has 26 heavy (non-hydrogen) atoms. The molecule has 0 saturated heterocycles. The molecule has 1 amide bonds. The highest BCUT2D eigenvalue weighted by atomic mass is 32.2. The number of anilines is 1.